The third-order valence-electron chi connectivity index (χ3n) is 1.67. The largest absolute Gasteiger partial charge is 0.419 e. The molecule has 0 aliphatic heterocycles. The smallest absolute Gasteiger partial charge is 0.253 e. The van der Waals surface area contributed by atoms with Gasteiger partial charge in [0.25, 0.3) is 6.43 Å². The van der Waals surface area contributed by atoms with Gasteiger partial charge in [0.1, 0.15) is 11.8 Å². The molecule has 0 bridgehead atoms. The first-order valence-corrected chi connectivity index (χ1v) is 4.52. The third-order valence-corrected chi connectivity index (χ3v) is 2.49. The summed E-state index contributed by atoms with van der Waals surface area (Å²) in [6, 6.07) is 1.27. The molecule has 0 N–H and O–H groups in total. The molecule has 1 aromatic rings. The summed E-state index contributed by atoms with van der Waals surface area (Å²) in [7, 11) is 0. The molecular weight excluding hydrogens is 299 g/mol. The highest BCUT2D eigenvalue weighted by atomic mass is 79.9. The summed E-state index contributed by atoms with van der Waals surface area (Å²) in [4.78, 5) is 2.95. The maximum absolute atomic E-state index is 12.3. The maximum atomic E-state index is 12.3. The molecule has 0 spiro atoms. The van der Waals surface area contributed by atoms with Crippen molar-refractivity contribution in [1.82, 2.24) is 4.98 Å². The van der Waals surface area contributed by atoms with Crippen LogP contribution in [0.3, 0.4) is 0 Å². The zero-order chi connectivity index (χ0) is 12.5. The Morgan fingerprint density at radius 1 is 1.38 bits per heavy atom. The quantitative estimate of drug-likeness (QED) is 0.742. The second-order valence-corrected chi connectivity index (χ2v) is 3.45. The van der Waals surface area contributed by atoms with Crippen LogP contribution in [0, 0.1) is 11.3 Å². The molecule has 0 radical (unpaired) electrons. The molecule has 0 aromatic carbocycles. The van der Waals surface area contributed by atoms with Crippen molar-refractivity contribution in [3.8, 4) is 6.07 Å². The van der Waals surface area contributed by atoms with Gasteiger partial charge in [0.15, 0.2) is 0 Å². The number of hydrogen-bond acceptors (Lipinski definition) is 2. The van der Waals surface area contributed by atoms with Crippen molar-refractivity contribution in [3.63, 3.8) is 0 Å². The first kappa shape index (κ1) is 12.8. The minimum atomic E-state index is -4.75. The highest BCUT2D eigenvalue weighted by Gasteiger charge is 2.36. The summed E-state index contributed by atoms with van der Waals surface area (Å²) in [6.07, 6.45) is -7.59. The molecule has 0 unspecified atom stereocenters. The van der Waals surface area contributed by atoms with E-state index in [1.54, 1.807) is 0 Å². The van der Waals surface area contributed by atoms with Gasteiger partial charge in [0.05, 0.1) is 15.6 Å². The molecule has 0 atom stereocenters. The van der Waals surface area contributed by atoms with Crippen LogP contribution in [0.1, 0.15) is 23.2 Å². The van der Waals surface area contributed by atoms with Gasteiger partial charge < -0.3 is 0 Å². The Hall–Kier alpha value is -1.23. The van der Waals surface area contributed by atoms with Crippen LogP contribution >= 0.6 is 15.9 Å². The van der Waals surface area contributed by atoms with Gasteiger partial charge in [-0.1, -0.05) is 0 Å². The van der Waals surface area contributed by atoms with Gasteiger partial charge >= 0.3 is 6.18 Å². The standard InChI is InChI=1S/C8H2BrF5N2/c9-5-3(1-15)6(7(10)11)16-2-4(5)8(12,13)14/h2,7H. The molecule has 8 heteroatoms. The van der Waals surface area contributed by atoms with Crippen LogP contribution in [0.2, 0.25) is 0 Å². The van der Waals surface area contributed by atoms with E-state index >= 15 is 0 Å². The van der Waals surface area contributed by atoms with E-state index in [0.29, 0.717) is 0 Å². The molecular formula is C8H2BrF5N2. The lowest BCUT2D eigenvalue weighted by Gasteiger charge is -2.11. The average Bonchev–Trinajstić information content (AvgIpc) is 2.14. The molecule has 0 saturated heterocycles. The van der Waals surface area contributed by atoms with Crippen molar-refractivity contribution in [2.24, 2.45) is 0 Å². The lowest BCUT2D eigenvalue weighted by Crippen LogP contribution is -2.10. The lowest BCUT2D eigenvalue weighted by molar-refractivity contribution is -0.138. The third kappa shape index (κ3) is 2.29. The maximum Gasteiger partial charge on any atom is 0.419 e. The predicted molar refractivity (Wildman–Crippen MR) is 46.6 cm³/mol. The van der Waals surface area contributed by atoms with E-state index in [9.17, 15) is 22.0 Å². The van der Waals surface area contributed by atoms with Crippen LogP contribution in [0.5, 0.6) is 0 Å². The van der Waals surface area contributed by atoms with Gasteiger partial charge in [0, 0.05) is 6.20 Å². The summed E-state index contributed by atoms with van der Waals surface area (Å²) >= 11 is 2.48. The van der Waals surface area contributed by atoms with Crippen LogP contribution < -0.4 is 0 Å². The summed E-state index contributed by atoms with van der Waals surface area (Å²) in [5.74, 6) is 0. The number of nitriles is 1. The number of hydrogen-bond donors (Lipinski definition) is 0. The average molecular weight is 301 g/mol. The summed E-state index contributed by atoms with van der Waals surface area (Å²) in [6.45, 7) is 0. The number of rotatable bonds is 1. The van der Waals surface area contributed by atoms with E-state index in [4.69, 9.17) is 5.26 Å². The van der Waals surface area contributed by atoms with E-state index in [0.717, 1.165) is 0 Å². The van der Waals surface area contributed by atoms with Crippen molar-refractivity contribution in [2.45, 2.75) is 12.6 Å². The monoisotopic (exact) mass is 300 g/mol. The van der Waals surface area contributed by atoms with Crippen LogP contribution in [0.15, 0.2) is 10.7 Å². The highest BCUT2D eigenvalue weighted by Crippen LogP contribution is 2.38. The van der Waals surface area contributed by atoms with Crippen molar-refractivity contribution < 1.29 is 22.0 Å². The minimum absolute atomic E-state index is 0.270. The first-order chi connectivity index (χ1) is 7.29. The lowest BCUT2D eigenvalue weighted by atomic mass is 10.1. The van der Waals surface area contributed by atoms with Crippen LogP contribution in [0.4, 0.5) is 22.0 Å². The van der Waals surface area contributed by atoms with E-state index in [-0.39, 0.29) is 6.20 Å². The topological polar surface area (TPSA) is 36.7 Å². The Bertz CT molecular complexity index is 449. The second kappa shape index (κ2) is 4.33. The van der Waals surface area contributed by atoms with E-state index in [2.05, 4.69) is 20.9 Å². The zero-order valence-corrected chi connectivity index (χ0v) is 8.90. The minimum Gasteiger partial charge on any atom is -0.253 e. The van der Waals surface area contributed by atoms with Crippen molar-refractivity contribution >= 4 is 15.9 Å². The molecule has 1 aromatic heterocycles. The van der Waals surface area contributed by atoms with Gasteiger partial charge in [-0.15, -0.1) is 0 Å². The molecule has 0 amide bonds. The summed E-state index contributed by atoms with van der Waals surface area (Å²) in [5, 5.41) is 8.52. The number of nitrogens with zero attached hydrogens (tertiary/aromatic N) is 2. The van der Waals surface area contributed by atoms with E-state index in [1.165, 1.54) is 6.07 Å². The first-order valence-electron chi connectivity index (χ1n) is 3.73. The Morgan fingerprint density at radius 2 is 1.94 bits per heavy atom. The fourth-order valence-corrected chi connectivity index (χ4v) is 1.59. The van der Waals surface area contributed by atoms with Gasteiger partial charge in [0.2, 0.25) is 0 Å². The normalized spacial score (nSPS) is 11.6. The molecule has 0 fully saturated rings. The molecule has 16 heavy (non-hydrogen) atoms. The van der Waals surface area contributed by atoms with Gasteiger partial charge in [-0.25, -0.2) is 8.78 Å². The Balaban J connectivity index is 3.49. The molecule has 86 valence electrons. The Kier molecular flexibility index (Phi) is 3.48. The van der Waals surface area contributed by atoms with Crippen LogP contribution in [-0.4, -0.2) is 4.98 Å². The SMILES string of the molecule is N#Cc1c(C(F)F)ncc(C(F)(F)F)c1Br. The molecule has 0 aliphatic carbocycles. The number of alkyl halides is 5. The number of halogens is 6. The second-order valence-electron chi connectivity index (χ2n) is 2.66. The van der Waals surface area contributed by atoms with E-state index < -0.39 is 33.9 Å². The van der Waals surface area contributed by atoms with Crippen LogP contribution in [-0.2, 0) is 6.18 Å². The van der Waals surface area contributed by atoms with Gasteiger partial charge in [-0.05, 0) is 15.9 Å². The fraction of sp³-hybridized carbons (Fsp3) is 0.250. The van der Waals surface area contributed by atoms with E-state index in [1.807, 2.05) is 0 Å². The number of pyridine rings is 1. The van der Waals surface area contributed by atoms with Crippen molar-refractivity contribution in [1.29, 1.82) is 5.26 Å². The molecule has 1 rings (SSSR count). The fourth-order valence-electron chi connectivity index (χ4n) is 0.972. The number of aromatic nitrogens is 1. The van der Waals surface area contributed by atoms with Crippen LogP contribution in [0.25, 0.3) is 0 Å². The Morgan fingerprint density at radius 3 is 2.31 bits per heavy atom. The molecule has 0 aliphatic rings. The predicted octanol–water partition coefficient (Wildman–Crippen LogP) is 3.67. The summed E-state index contributed by atoms with van der Waals surface area (Å²) in [5.41, 5.74) is -3.03. The molecule has 2 nitrogen and oxygen atoms in total. The zero-order valence-electron chi connectivity index (χ0n) is 7.32. The molecule has 1 heterocycles. The summed E-state index contributed by atoms with van der Waals surface area (Å²) < 4.78 is 60.9. The molecule has 0 saturated carbocycles. The van der Waals surface area contributed by atoms with Crippen molar-refractivity contribution in [3.05, 3.63) is 27.5 Å². The van der Waals surface area contributed by atoms with Crippen molar-refractivity contribution in [2.75, 3.05) is 0 Å². The van der Waals surface area contributed by atoms with Gasteiger partial charge in [-0.3, -0.25) is 4.98 Å². The Labute approximate surface area is 94.8 Å². The highest BCUT2D eigenvalue weighted by molar-refractivity contribution is 9.10. The van der Waals surface area contributed by atoms with Gasteiger partial charge in [-0.2, -0.15) is 18.4 Å².